The fraction of sp³-hybridized carbons (Fsp3) is 0.182. The summed E-state index contributed by atoms with van der Waals surface area (Å²) in [6, 6.07) is 14.2. The molecular weight excluding hydrogens is 402 g/mol. The minimum absolute atomic E-state index is 0.107. The fourth-order valence-electron chi connectivity index (χ4n) is 3.46. The first kappa shape index (κ1) is 19.8. The Morgan fingerprint density at radius 2 is 1.93 bits per heavy atom. The summed E-state index contributed by atoms with van der Waals surface area (Å²) in [5.41, 5.74) is 4.09. The lowest BCUT2D eigenvalue weighted by atomic mass is 10.1. The Balaban J connectivity index is 1.70. The van der Waals surface area contributed by atoms with Crippen molar-refractivity contribution in [3.63, 3.8) is 0 Å². The molecule has 0 fully saturated rings. The second kappa shape index (κ2) is 8.12. The quantitative estimate of drug-likeness (QED) is 0.535. The maximum Gasteiger partial charge on any atom is 0.266 e. The van der Waals surface area contributed by atoms with Gasteiger partial charge in [0.05, 0.1) is 18.7 Å². The van der Waals surface area contributed by atoms with Crippen molar-refractivity contribution in [2.75, 3.05) is 4.90 Å². The summed E-state index contributed by atoms with van der Waals surface area (Å²) in [6.07, 6.45) is 1.84. The third-order valence-electron chi connectivity index (χ3n) is 5.02. The molecule has 0 bridgehead atoms. The number of aromatic nitrogens is 4. The maximum atomic E-state index is 13.4. The molecule has 0 unspecified atom stereocenters. The number of pyridine rings is 1. The molecule has 1 amide bonds. The fourth-order valence-corrected chi connectivity index (χ4v) is 3.58. The van der Waals surface area contributed by atoms with E-state index in [9.17, 15) is 9.59 Å². The van der Waals surface area contributed by atoms with Crippen LogP contribution in [0.1, 0.15) is 22.6 Å². The number of amides is 1. The van der Waals surface area contributed by atoms with Crippen LogP contribution in [0.15, 0.2) is 59.5 Å². The summed E-state index contributed by atoms with van der Waals surface area (Å²) in [7, 11) is 0. The van der Waals surface area contributed by atoms with Crippen LogP contribution in [-0.2, 0) is 17.8 Å². The van der Waals surface area contributed by atoms with E-state index in [1.54, 1.807) is 27.7 Å². The zero-order chi connectivity index (χ0) is 21.3. The van der Waals surface area contributed by atoms with Gasteiger partial charge in [0, 0.05) is 39.9 Å². The van der Waals surface area contributed by atoms with Crippen molar-refractivity contribution in [1.29, 1.82) is 0 Å². The molecule has 152 valence electrons. The van der Waals surface area contributed by atoms with E-state index in [1.165, 1.54) is 6.07 Å². The number of carbonyl (C=O) groups is 1. The van der Waals surface area contributed by atoms with Crippen molar-refractivity contribution in [3.05, 3.63) is 92.7 Å². The number of rotatable bonds is 5. The Kier molecular flexibility index (Phi) is 5.37. The predicted molar refractivity (Wildman–Crippen MR) is 116 cm³/mol. The van der Waals surface area contributed by atoms with E-state index in [0.29, 0.717) is 22.9 Å². The molecule has 0 radical (unpaired) electrons. The Bertz CT molecular complexity index is 1260. The number of aryl methyl sites for hydroxylation is 2. The van der Waals surface area contributed by atoms with Crippen molar-refractivity contribution < 1.29 is 4.79 Å². The first-order valence-corrected chi connectivity index (χ1v) is 9.84. The third kappa shape index (κ3) is 3.97. The minimum Gasteiger partial charge on any atom is -0.306 e. The van der Waals surface area contributed by atoms with E-state index in [-0.39, 0.29) is 17.9 Å². The van der Waals surface area contributed by atoms with E-state index >= 15 is 0 Å². The van der Waals surface area contributed by atoms with Gasteiger partial charge in [0.25, 0.3) is 5.56 Å². The average Bonchev–Trinajstić information content (AvgIpc) is 3.11. The SMILES string of the molecule is Cc1nc2cc(=O)[nH]n2c(C)c1CC(=O)N(Cc1ccccn1)c1ccc(Cl)cc1. The summed E-state index contributed by atoms with van der Waals surface area (Å²) in [5.74, 6) is -0.107. The third-order valence-corrected chi connectivity index (χ3v) is 5.27. The zero-order valence-electron chi connectivity index (χ0n) is 16.6. The summed E-state index contributed by atoms with van der Waals surface area (Å²) >= 11 is 6.03. The number of carbonyl (C=O) groups excluding carboxylic acids is 1. The normalized spacial score (nSPS) is 11.0. The predicted octanol–water partition coefficient (Wildman–Crippen LogP) is 3.46. The molecule has 4 rings (SSSR count). The molecule has 0 saturated carbocycles. The first-order valence-electron chi connectivity index (χ1n) is 9.46. The molecule has 0 aliphatic carbocycles. The van der Waals surface area contributed by atoms with Crippen LogP contribution in [0.4, 0.5) is 5.69 Å². The van der Waals surface area contributed by atoms with Crippen molar-refractivity contribution in [1.82, 2.24) is 19.6 Å². The van der Waals surface area contributed by atoms with Gasteiger partial charge in [-0.15, -0.1) is 0 Å². The average molecular weight is 422 g/mol. The van der Waals surface area contributed by atoms with Crippen LogP contribution in [-0.4, -0.2) is 25.5 Å². The van der Waals surface area contributed by atoms with Gasteiger partial charge in [-0.05, 0) is 50.2 Å². The van der Waals surface area contributed by atoms with E-state index in [1.807, 2.05) is 44.2 Å². The lowest BCUT2D eigenvalue weighted by Gasteiger charge is -2.23. The second-order valence-electron chi connectivity index (χ2n) is 7.03. The molecule has 0 aliphatic heterocycles. The van der Waals surface area contributed by atoms with E-state index in [4.69, 9.17) is 11.6 Å². The largest absolute Gasteiger partial charge is 0.306 e. The molecule has 4 aromatic rings. The van der Waals surface area contributed by atoms with Gasteiger partial charge in [-0.25, -0.2) is 9.50 Å². The maximum absolute atomic E-state index is 13.4. The molecular formula is C22H20ClN5O2. The summed E-state index contributed by atoms with van der Waals surface area (Å²) in [6.45, 7) is 4.04. The smallest absolute Gasteiger partial charge is 0.266 e. The highest BCUT2D eigenvalue weighted by Gasteiger charge is 2.21. The molecule has 3 aromatic heterocycles. The topological polar surface area (TPSA) is 83.4 Å². The number of aromatic amines is 1. The highest BCUT2D eigenvalue weighted by atomic mass is 35.5. The molecule has 1 N–H and O–H groups in total. The highest BCUT2D eigenvalue weighted by Crippen LogP contribution is 2.22. The van der Waals surface area contributed by atoms with E-state index < -0.39 is 0 Å². The number of anilines is 1. The van der Waals surface area contributed by atoms with Crippen molar-refractivity contribution in [2.45, 2.75) is 26.8 Å². The Morgan fingerprint density at radius 1 is 1.17 bits per heavy atom. The van der Waals surface area contributed by atoms with Crippen molar-refractivity contribution in [2.24, 2.45) is 0 Å². The van der Waals surface area contributed by atoms with Crippen molar-refractivity contribution in [3.8, 4) is 0 Å². The van der Waals surface area contributed by atoms with Gasteiger partial charge < -0.3 is 4.90 Å². The van der Waals surface area contributed by atoms with Gasteiger partial charge in [0.2, 0.25) is 5.91 Å². The standard InChI is InChI=1S/C22H20ClN5O2/c1-14-19(15(2)28-20(25-14)12-21(29)26-28)11-22(30)27(13-17-5-3-4-10-24-17)18-8-6-16(23)7-9-18/h3-10,12H,11,13H2,1-2H3,(H,26,29). The summed E-state index contributed by atoms with van der Waals surface area (Å²) in [4.78, 5) is 35.6. The van der Waals surface area contributed by atoms with Crippen LogP contribution < -0.4 is 10.5 Å². The van der Waals surface area contributed by atoms with Gasteiger partial charge in [-0.2, -0.15) is 0 Å². The van der Waals surface area contributed by atoms with Crippen LogP contribution >= 0.6 is 11.6 Å². The molecule has 8 heteroatoms. The van der Waals surface area contributed by atoms with Gasteiger partial charge in [-0.3, -0.25) is 19.7 Å². The van der Waals surface area contributed by atoms with E-state index in [2.05, 4.69) is 15.1 Å². The zero-order valence-corrected chi connectivity index (χ0v) is 17.3. The number of fused-ring (bicyclic) bond motifs is 1. The molecule has 1 aromatic carbocycles. The number of H-pyrrole nitrogens is 1. The highest BCUT2D eigenvalue weighted by molar-refractivity contribution is 6.30. The van der Waals surface area contributed by atoms with Crippen LogP contribution in [0.3, 0.4) is 0 Å². The molecule has 0 saturated heterocycles. The van der Waals surface area contributed by atoms with Gasteiger partial charge in [0.15, 0.2) is 5.65 Å². The van der Waals surface area contributed by atoms with Crippen LogP contribution in [0.5, 0.6) is 0 Å². The molecule has 7 nitrogen and oxygen atoms in total. The molecule has 0 aliphatic rings. The van der Waals surface area contributed by atoms with Crippen molar-refractivity contribution >= 4 is 28.8 Å². The number of hydrogen-bond acceptors (Lipinski definition) is 4. The van der Waals surface area contributed by atoms with E-state index in [0.717, 1.165) is 22.6 Å². The summed E-state index contributed by atoms with van der Waals surface area (Å²) in [5, 5.41) is 3.32. The van der Waals surface area contributed by atoms with Crippen LogP contribution in [0.2, 0.25) is 5.02 Å². The monoisotopic (exact) mass is 421 g/mol. The number of hydrogen-bond donors (Lipinski definition) is 1. The molecule has 30 heavy (non-hydrogen) atoms. The second-order valence-corrected chi connectivity index (χ2v) is 7.47. The molecule has 0 spiro atoms. The van der Waals surface area contributed by atoms with Gasteiger partial charge >= 0.3 is 0 Å². The Morgan fingerprint density at radius 3 is 2.63 bits per heavy atom. The molecule has 0 atom stereocenters. The van der Waals surface area contributed by atoms with Gasteiger partial charge in [0.1, 0.15) is 0 Å². The number of halogens is 1. The Hall–Kier alpha value is -3.45. The lowest BCUT2D eigenvalue weighted by Crippen LogP contribution is -2.32. The minimum atomic E-state index is -0.230. The first-order chi connectivity index (χ1) is 14.4. The molecule has 3 heterocycles. The lowest BCUT2D eigenvalue weighted by molar-refractivity contribution is -0.118. The summed E-state index contributed by atoms with van der Waals surface area (Å²) < 4.78 is 1.61. The Labute approximate surface area is 178 Å². The van der Waals surface area contributed by atoms with Gasteiger partial charge in [-0.1, -0.05) is 17.7 Å². The number of benzene rings is 1. The van der Waals surface area contributed by atoms with Crippen LogP contribution in [0, 0.1) is 13.8 Å². The number of nitrogens with zero attached hydrogens (tertiary/aromatic N) is 4. The number of nitrogens with one attached hydrogen (secondary N) is 1. The van der Waals surface area contributed by atoms with Crippen LogP contribution in [0.25, 0.3) is 5.65 Å².